The average molecular weight is 351 g/mol. The molecule has 0 spiro atoms. The van der Waals surface area contributed by atoms with Gasteiger partial charge in [0.05, 0.1) is 20.8 Å². The first-order valence-corrected chi connectivity index (χ1v) is 9.06. The van der Waals surface area contributed by atoms with E-state index in [2.05, 4.69) is 48.2 Å². The molecule has 0 aliphatic heterocycles. The molecule has 1 aromatic rings. The molecule has 0 bridgehead atoms. The van der Waals surface area contributed by atoms with Crippen LogP contribution in [-0.4, -0.2) is 57.3 Å². The van der Waals surface area contributed by atoms with Gasteiger partial charge in [0.15, 0.2) is 5.96 Å². The summed E-state index contributed by atoms with van der Waals surface area (Å²) in [5, 5.41) is 6.73. The highest BCUT2D eigenvalue weighted by atomic mass is 16.5. The van der Waals surface area contributed by atoms with Crippen molar-refractivity contribution in [2.45, 2.75) is 40.3 Å². The molecule has 25 heavy (non-hydrogen) atoms. The van der Waals surface area contributed by atoms with E-state index in [1.54, 1.807) is 14.2 Å². The maximum absolute atomic E-state index is 5.44. The summed E-state index contributed by atoms with van der Waals surface area (Å²) in [5.74, 6) is 2.39. The largest absolute Gasteiger partial charge is 0.497 e. The summed E-state index contributed by atoms with van der Waals surface area (Å²) in [6.45, 7) is 13.0. The lowest BCUT2D eigenvalue weighted by Gasteiger charge is -2.27. The maximum Gasteiger partial charge on any atom is 0.191 e. The van der Waals surface area contributed by atoms with E-state index in [-0.39, 0.29) is 0 Å². The van der Waals surface area contributed by atoms with Crippen LogP contribution in [0.25, 0.3) is 0 Å². The summed E-state index contributed by atoms with van der Waals surface area (Å²) in [7, 11) is 3.31. The van der Waals surface area contributed by atoms with Crippen LogP contribution >= 0.6 is 0 Å². The van der Waals surface area contributed by atoms with E-state index in [1.807, 2.05) is 18.2 Å². The van der Waals surface area contributed by atoms with Gasteiger partial charge in [0.1, 0.15) is 11.5 Å². The zero-order valence-electron chi connectivity index (χ0n) is 16.6. The Hall–Kier alpha value is -1.95. The van der Waals surface area contributed by atoms with Crippen molar-refractivity contribution in [3.05, 3.63) is 23.8 Å². The molecule has 0 saturated carbocycles. The highest BCUT2D eigenvalue weighted by Crippen LogP contribution is 2.25. The van der Waals surface area contributed by atoms with Crippen LogP contribution in [0.15, 0.2) is 23.2 Å². The summed E-state index contributed by atoms with van der Waals surface area (Å²) < 4.78 is 10.7. The van der Waals surface area contributed by atoms with E-state index in [0.717, 1.165) is 49.2 Å². The SMILES string of the molecule is CCNC(=NCc1ccc(OC)cc1OC)NCC(C)N(CC)CC. The minimum absolute atomic E-state index is 0.453. The summed E-state index contributed by atoms with van der Waals surface area (Å²) in [5.41, 5.74) is 1.03. The molecule has 6 heteroatoms. The molecular weight excluding hydrogens is 316 g/mol. The standard InChI is InChI=1S/C19H34N4O2/c1-7-20-19(21-13-15(4)23(8-2)9-3)22-14-16-10-11-17(24-5)12-18(16)25-6/h10-12,15H,7-9,13-14H2,1-6H3,(H2,20,21,22). The van der Waals surface area contributed by atoms with Crippen LogP contribution in [0, 0.1) is 0 Å². The Morgan fingerprint density at radius 3 is 2.40 bits per heavy atom. The molecule has 0 heterocycles. The fraction of sp³-hybridized carbons (Fsp3) is 0.632. The van der Waals surface area contributed by atoms with E-state index < -0.39 is 0 Å². The molecule has 0 radical (unpaired) electrons. The molecule has 0 aromatic heterocycles. The summed E-state index contributed by atoms with van der Waals surface area (Å²) in [4.78, 5) is 7.11. The molecular formula is C19H34N4O2. The molecule has 0 aliphatic rings. The van der Waals surface area contributed by atoms with Crippen molar-refractivity contribution in [2.75, 3.05) is 40.4 Å². The monoisotopic (exact) mass is 350 g/mol. The Morgan fingerprint density at radius 2 is 1.84 bits per heavy atom. The topological polar surface area (TPSA) is 58.1 Å². The van der Waals surface area contributed by atoms with Gasteiger partial charge in [-0.15, -0.1) is 0 Å². The molecule has 2 N–H and O–H groups in total. The number of nitrogens with zero attached hydrogens (tertiary/aromatic N) is 2. The number of likely N-dealkylation sites (N-methyl/N-ethyl adjacent to an activating group) is 1. The Kier molecular flexibility index (Phi) is 9.77. The fourth-order valence-electron chi connectivity index (χ4n) is 2.71. The number of nitrogens with one attached hydrogen (secondary N) is 2. The lowest BCUT2D eigenvalue weighted by atomic mass is 10.2. The molecule has 1 atom stereocenters. The lowest BCUT2D eigenvalue weighted by Crippen LogP contribution is -2.45. The van der Waals surface area contributed by atoms with Crippen molar-refractivity contribution in [1.29, 1.82) is 0 Å². The number of ether oxygens (including phenoxy) is 2. The number of rotatable bonds is 10. The highest BCUT2D eigenvalue weighted by molar-refractivity contribution is 5.79. The minimum Gasteiger partial charge on any atom is -0.497 e. The molecule has 142 valence electrons. The summed E-state index contributed by atoms with van der Waals surface area (Å²) in [6, 6.07) is 6.25. The van der Waals surface area contributed by atoms with Crippen LogP contribution in [0.5, 0.6) is 11.5 Å². The first-order valence-electron chi connectivity index (χ1n) is 9.06. The molecule has 6 nitrogen and oxygen atoms in total. The van der Waals surface area contributed by atoms with Crippen molar-refractivity contribution in [3.63, 3.8) is 0 Å². The van der Waals surface area contributed by atoms with Crippen molar-refractivity contribution in [3.8, 4) is 11.5 Å². The van der Waals surface area contributed by atoms with Crippen LogP contribution in [0.4, 0.5) is 0 Å². The van der Waals surface area contributed by atoms with Crippen molar-refractivity contribution >= 4 is 5.96 Å². The predicted octanol–water partition coefficient (Wildman–Crippen LogP) is 2.49. The minimum atomic E-state index is 0.453. The van der Waals surface area contributed by atoms with Gasteiger partial charge < -0.3 is 20.1 Å². The number of benzene rings is 1. The van der Waals surface area contributed by atoms with Crippen molar-refractivity contribution in [2.24, 2.45) is 4.99 Å². The first-order chi connectivity index (χ1) is 12.1. The predicted molar refractivity (Wildman–Crippen MR) is 105 cm³/mol. The number of hydrogen-bond acceptors (Lipinski definition) is 4. The summed E-state index contributed by atoms with van der Waals surface area (Å²) in [6.07, 6.45) is 0. The lowest BCUT2D eigenvalue weighted by molar-refractivity contribution is 0.231. The molecule has 0 fully saturated rings. The molecule has 1 rings (SSSR count). The van der Waals surface area contributed by atoms with Crippen LogP contribution in [0.1, 0.15) is 33.3 Å². The van der Waals surface area contributed by atoms with E-state index in [0.29, 0.717) is 12.6 Å². The van der Waals surface area contributed by atoms with Gasteiger partial charge in [-0.2, -0.15) is 0 Å². The van der Waals surface area contributed by atoms with E-state index >= 15 is 0 Å². The van der Waals surface area contributed by atoms with E-state index in [1.165, 1.54) is 0 Å². The third-order valence-corrected chi connectivity index (χ3v) is 4.25. The number of aliphatic imine (C=N–C) groups is 1. The van der Waals surface area contributed by atoms with Gasteiger partial charge in [-0.1, -0.05) is 13.8 Å². The molecule has 0 aliphatic carbocycles. The molecule has 0 saturated heterocycles. The fourth-order valence-corrected chi connectivity index (χ4v) is 2.71. The molecule has 1 unspecified atom stereocenters. The van der Waals surface area contributed by atoms with Crippen molar-refractivity contribution < 1.29 is 9.47 Å². The van der Waals surface area contributed by atoms with Crippen molar-refractivity contribution in [1.82, 2.24) is 15.5 Å². The number of methoxy groups -OCH3 is 2. The third-order valence-electron chi connectivity index (χ3n) is 4.25. The Balaban J connectivity index is 2.75. The second kappa shape index (κ2) is 11.6. The zero-order valence-corrected chi connectivity index (χ0v) is 16.6. The highest BCUT2D eigenvalue weighted by Gasteiger charge is 2.11. The van der Waals surface area contributed by atoms with Gasteiger partial charge in [-0.05, 0) is 39.1 Å². The third kappa shape index (κ3) is 6.82. The molecule has 0 amide bonds. The van der Waals surface area contributed by atoms with Gasteiger partial charge in [-0.25, -0.2) is 4.99 Å². The quantitative estimate of drug-likeness (QED) is 0.501. The Labute approximate surface area is 152 Å². The maximum atomic E-state index is 5.44. The van der Waals surface area contributed by atoms with Gasteiger partial charge in [0, 0.05) is 30.8 Å². The zero-order chi connectivity index (χ0) is 18.7. The van der Waals surface area contributed by atoms with Gasteiger partial charge >= 0.3 is 0 Å². The average Bonchev–Trinajstić information content (AvgIpc) is 2.64. The second-order valence-electron chi connectivity index (χ2n) is 5.82. The first kappa shape index (κ1) is 21.1. The second-order valence-corrected chi connectivity index (χ2v) is 5.82. The van der Waals surface area contributed by atoms with Crippen LogP contribution < -0.4 is 20.1 Å². The Morgan fingerprint density at radius 1 is 1.12 bits per heavy atom. The summed E-state index contributed by atoms with van der Waals surface area (Å²) >= 11 is 0. The van der Waals surface area contributed by atoms with Gasteiger partial charge in [0.25, 0.3) is 0 Å². The number of guanidine groups is 1. The number of hydrogen-bond donors (Lipinski definition) is 2. The normalized spacial score (nSPS) is 12.8. The molecule has 1 aromatic carbocycles. The van der Waals surface area contributed by atoms with Crippen LogP contribution in [0.2, 0.25) is 0 Å². The van der Waals surface area contributed by atoms with E-state index in [4.69, 9.17) is 9.47 Å². The Bertz CT molecular complexity index is 530. The van der Waals surface area contributed by atoms with Gasteiger partial charge in [0.2, 0.25) is 0 Å². The van der Waals surface area contributed by atoms with Gasteiger partial charge in [-0.3, -0.25) is 4.90 Å². The van der Waals surface area contributed by atoms with E-state index in [9.17, 15) is 0 Å². The van der Waals surface area contributed by atoms with Crippen LogP contribution in [0.3, 0.4) is 0 Å². The van der Waals surface area contributed by atoms with Crippen LogP contribution in [-0.2, 0) is 6.54 Å². The smallest absolute Gasteiger partial charge is 0.191 e.